The molecule has 0 aliphatic carbocycles. The van der Waals surface area contributed by atoms with Crippen LogP contribution in [0.25, 0.3) is 10.9 Å². The molecular weight excluding hydrogens is 264 g/mol. The summed E-state index contributed by atoms with van der Waals surface area (Å²) in [6.07, 6.45) is 3.11. The predicted molar refractivity (Wildman–Crippen MR) is 73.3 cm³/mol. The Morgan fingerprint density at radius 1 is 1.11 bits per heavy atom. The Morgan fingerprint density at radius 2 is 1.95 bits per heavy atom. The molecule has 2 heterocycles. The first-order chi connectivity index (χ1) is 9.24. The van der Waals surface area contributed by atoms with Crippen molar-refractivity contribution in [3.05, 3.63) is 48.0 Å². The Morgan fingerprint density at radius 3 is 2.84 bits per heavy atom. The quantitative estimate of drug-likeness (QED) is 0.726. The van der Waals surface area contributed by atoms with E-state index in [1.807, 2.05) is 24.3 Å². The van der Waals surface area contributed by atoms with Gasteiger partial charge in [-0.2, -0.15) is 4.98 Å². The lowest BCUT2D eigenvalue weighted by molar-refractivity contribution is 0.468. The molecule has 0 saturated carbocycles. The molecule has 19 heavy (non-hydrogen) atoms. The van der Waals surface area contributed by atoms with Crippen LogP contribution in [0.5, 0.6) is 11.6 Å². The van der Waals surface area contributed by atoms with Crippen molar-refractivity contribution in [2.45, 2.75) is 0 Å². The molecule has 0 unspecified atom stereocenters. The van der Waals surface area contributed by atoms with Gasteiger partial charge < -0.3 is 10.5 Å². The van der Waals surface area contributed by atoms with Crippen LogP contribution in [0.1, 0.15) is 0 Å². The molecule has 1 aromatic carbocycles. The summed E-state index contributed by atoms with van der Waals surface area (Å²) in [5, 5.41) is 1.05. The topological polar surface area (TPSA) is 73.9 Å². The fourth-order valence-electron chi connectivity index (χ4n) is 1.70. The van der Waals surface area contributed by atoms with E-state index >= 15 is 0 Å². The first-order valence-electron chi connectivity index (χ1n) is 5.53. The second kappa shape index (κ2) is 4.70. The Bertz CT molecular complexity index is 742. The number of hydrogen-bond acceptors (Lipinski definition) is 5. The number of benzene rings is 1. The number of anilines is 1. The Hall–Kier alpha value is -2.40. The van der Waals surface area contributed by atoms with Crippen molar-refractivity contribution < 1.29 is 4.74 Å². The summed E-state index contributed by atoms with van der Waals surface area (Å²) in [4.78, 5) is 12.0. The lowest BCUT2D eigenvalue weighted by Gasteiger charge is -2.08. The minimum absolute atomic E-state index is 0.0809. The van der Waals surface area contributed by atoms with Crippen molar-refractivity contribution in [1.29, 1.82) is 0 Å². The fourth-order valence-corrected chi connectivity index (χ4v) is 1.83. The number of rotatable bonds is 2. The highest BCUT2D eigenvalue weighted by atomic mass is 35.5. The SMILES string of the molecule is Nc1cnc(Cl)nc1Oc1cccc2cccnc12. The minimum Gasteiger partial charge on any atom is -0.435 e. The standard InChI is InChI=1S/C13H9ClN4O/c14-13-17-7-9(15)12(18-13)19-10-5-1-3-8-4-2-6-16-11(8)10/h1-7H,15H2. The lowest BCUT2D eigenvalue weighted by Crippen LogP contribution is -1.97. The lowest BCUT2D eigenvalue weighted by atomic mass is 10.2. The Labute approximate surface area is 114 Å². The maximum atomic E-state index is 5.75. The zero-order valence-corrected chi connectivity index (χ0v) is 10.5. The van der Waals surface area contributed by atoms with Crippen LogP contribution in [0.15, 0.2) is 42.7 Å². The molecule has 6 heteroatoms. The van der Waals surface area contributed by atoms with Crippen LogP contribution >= 0.6 is 11.6 Å². The fraction of sp³-hybridized carbons (Fsp3) is 0. The monoisotopic (exact) mass is 272 g/mol. The maximum Gasteiger partial charge on any atom is 0.247 e. The van der Waals surface area contributed by atoms with E-state index < -0.39 is 0 Å². The Kier molecular flexibility index (Phi) is 2.89. The zero-order valence-electron chi connectivity index (χ0n) is 9.75. The highest BCUT2D eigenvalue weighted by Crippen LogP contribution is 2.30. The molecule has 3 aromatic rings. The number of aromatic nitrogens is 3. The van der Waals surface area contributed by atoms with Crippen molar-refractivity contribution in [2.75, 3.05) is 5.73 Å². The van der Waals surface area contributed by atoms with Crippen molar-refractivity contribution in [3.8, 4) is 11.6 Å². The maximum absolute atomic E-state index is 5.75. The van der Waals surface area contributed by atoms with Crippen LogP contribution in [-0.4, -0.2) is 15.0 Å². The second-order valence-corrected chi connectivity index (χ2v) is 4.17. The van der Waals surface area contributed by atoms with Gasteiger partial charge in [-0.05, 0) is 23.7 Å². The molecule has 0 radical (unpaired) electrons. The first-order valence-corrected chi connectivity index (χ1v) is 5.91. The molecule has 5 nitrogen and oxygen atoms in total. The van der Waals surface area contributed by atoms with Gasteiger partial charge >= 0.3 is 0 Å². The van der Waals surface area contributed by atoms with E-state index in [1.54, 1.807) is 12.3 Å². The summed E-state index contributed by atoms with van der Waals surface area (Å²) < 4.78 is 5.68. The first kappa shape index (κ1) is 11.7. The van der Waals surface area contributed by atoms with E-state index in [1.165, 1.54) is 6.20 Å². The van der Waals surface area contributed by atoms with Gasteiger partial charge in [0.25, 0.3) is 0 Å². The van der Waals surface area contributed by atoms with Crippen LogP contribution in [0.2, 0.25) is 5.28 Å². The summed E-state index contributed by atoms with van der Waals surface area (Å²) in [5.74, 6) is 0.790. The molecule has 0 saturated heterocycles. The zero-order chi connectivity index (χ0) is 13.2. The van der Waals surface area contributed by atoms with Crippen molar-refractivity contribution >= 4 is 28.2 Å². The molecule has 0 amide bonds. The highest BCUT2D eigenvalue weighted by molar-refractivity contribution is 6.28. The number of hydrogen-bond donors (Lipinski definition) is 1. The van der Waals surface area contributed by atoms with Crippen LogP contribution in [0.3, 0.4) is 0 Å². The van der Waals surface area contributed by atoms with E-state index in [9.17, 15) is 0 Å². The molecule has 0 aliphatic heterocycles. The molecule has 0 atom stereocenters. The van der Waals surface area contributed by atoms with Gasteiger partial charge in [0, 0.05) is 11.6 Å². The van der Waals surface area contributed by atoms with Gasteiger partial charge in [-0.15, -0.1) is 0 Å². The summed E-state index contributed by atoms with van der Waals surface area (Å²) in [5.41, 5.74) is 6.80. The number of pyridine rings is 1. The normalized spacial score (nSPS) is 10.6. The average molecular weight is 273 g/mol. The van der Waals surface area contributed by atoms with Gasteiger partial charge in [0.1, 0.15) is 11.2 Å². The molecule has 0 fully saturated rings. The average Bonchev–Trinajstić information content (AvgIpc) is 2.43. The summed E-state index contributed by atoms with van der Waals surface area (Å²) in [6, 6.07) is 9.43. The van der Waals surface area contributed by atoms with Gasteiger partial charge in [0.15, 0.2) is 5.75 Å². The third kappa shape index (κ3) is 2.28. The number of nitrogens with zero attached hydrogens (tertiary/aromatic N) is 3. The molecule has 3 rings (SSSR count). The summed E-state index contributed by atoms with van der Waals surface area (Å²) in [7, 11) is 0. The van der Waals surface area contributed by atoms with E-state index in [0.29, 0.717) is 11.4 Å². The van der Waals surface area contributed by atoms with Crippen LogP contribution in [-0.2, 0) is 0 Å². The van der Waals surface area contributed by atoms with Crippen LogP contribution < -0.4 is 10.5 Å². The number of nitrogen functional groups attached to an aromatic ring is 1. The molecule has 94 valence electrons. The molecule has 0 spiro atoms. The van der Waals surface area contributed by atoms with Gasteiger partial charge in [0.05, 0.1) is 6.20 Å². The number of halogens is 1. The molecule has 0 bridgehead atoms. The Balaban J connectivity index is 2.08. The number of para-hydroxylation sites is 1. The third-order valence-corrected chi connectivity index (χ3v) is 2.74. The number of nitrogens with two attached hydrogens (primary N) is 1. The summed E-state index contributed by atoms with van der Waals surface area (Å²) in [6.45, 7) is 0. The number of fused-ring (bicyclic) bond motifs is 1. The van der Waals surface area contributed by atoms with Crippen molar-refractivity contribution in [1.82, 2.24) is 15.0 Å². The van der Waals surface area contributed by atoms with Crippen molar-refractivity contribution in [2.24, 2.45) is 0 Å². The van der Waals surface area contributed by atoms with E-state index in [4.69, 9.17) is 22.1 Å². The molecule has 2 N–H and O–H groups in total. The molecule has 0 aliphatic rings. The van der Waals surface area contributed by atoms with Crippen LogP contribution in [0, 0.1) is 0 Å². The molecular formula is C13H9ClN4O. The van der Waals surface area contributed by atoms with Crippen LogP contribution in [0.4, 0.5) is 5.69 Å². The minimum atomic E-state index is 0.0809. The van der Waals surface area contributed by atoms with Gasteiger partial charge in [-0.1, -0.05) is 18.2 Å². The smallest absolute Gasteiger partial charge is 0.247 e. The van der Waals surface area contributed by atoms with E-state index in [2.05, 4.69) is 15.0 Å². The predicted octanol–water partition coefficient (Wildman–Crippen LogP) is 3.05. The highest BCUT2D eigenvalue weighted by Gasteiger charge is 2.09. The van der Waals surface area contributed by atoms with Gasteiger partial charge in [-0.25, -0.2) is 4.98 Å². The van der Waals surface area contributed by atoms with Crippen molar-refractivity contribution in [3.63, 3.8) is 0 Å². The largest absolute Gasteiger partial charge is 0.435 e. The van der Waals surface area contributed by atoms with Gasteiger partial charge in [0.2, 0.25) is 11.2 Å². The van der Waals surface area contributed by atoms with E-state index in [0.717, 1.165) is 10.9 Å². The van der Waals surface area contributed by atoms with Gasteiger partial charge in [-0.3, -0.25) is 4.98 Å². The number of ether oxygens (including phenoxy) is 1. The third-order valence-electron chi connectivity index (χ3n) is 2.55. The molecule has 2 aromatic heterocycles. The summed E-state index contributed by atoms with van der Waals surface area (Å²) >= 11 is 5.73. The van der Waals surface area contributed by atoms with E-state index in [-0.39, 0.29) is 11.2 Å². The second-order valence-electron chi connectivity index (χ2n) is 3.83.